The van der Waals surface area contributed by atoms with Gasteiger partial charge in [-0.05, 0) is 30.8 Å². The van der Waals surface area contributed by atoms with Gasteiger partial charge >= 0.3 is 5.69 Å². The van der Waals surface area contributed by atoms with Crippen LogP contribution in [0.1, 0.15) is 41.5 Å². The molecule has 0 spiro atoms. The van der Waals surface area contributed by atoms with Crippen molar-refractivity contribution in [1.29, 1.82) is 0 Å². The molecule has 2 atom stereocenters. The second kappa shape index (κ2) is 14.7. The average molecular weight is 729 g/mol. The number of aromatic amines is 1. The van der Waals surface area contributed by atoms with Gasteiger partial charge in [0.05, 0.1) is 6.61 Å². The zero-order valence-corrected chi connectivity index (χ0v) is 32.8. The van der Waals surface area contributed by atoms with Crippen LogP contribution in [0.15, 0.2) is 161 Å². The Bertz CT molecular complexity index is 2060. The van der Waals surface area contributed by atoms with Crippen LogP contribution in [0.25, 0.3) is 5.88 Å². The summed E-state index contributed by atoms with van der Waals surface area (Å²) in [6.45, 7) is 17.8. The maximum atomic E-state index is 13.3. The lowest BCUT2D eigenvalue weighted by Gasteiger charge is -2.46. The summed E-state index contributed by atoms with van der Waals surface area (Å²) in [7, 11) is -6.16. The fourth-order valence-corrected chi connectivity index (χ4v) is 16.9. The summed E-state index contributed by atoms with van der Waals surface area (Å²) in [5.41, 5.74) is -0.496. The van der Waals surface area contributed by atoms with E-state index >= 15 is 0 Å². The zero-order chi connectivity index (χ0) is 37.1. The third-order valence-corrected chi connectivity index (χ3v) is 20.0. The second-order valence-corrected chi connectivity index (χ2v) is 23.8. The molecule has 1 aromatic heterocycles. The molecule has 1 N–H and O–H groups in total. The summed E-state index contributed by atoms with van der Waals surface area (Å²) in [4.78, 5) is 27.8. The number of benzene rings is 4. The molecule has 4 aromatic carbocycles. The maximum Gasteiger partial charge on any atom is 0.335 e. The first-order valence-corrected chi connectivity index (χ1v) is 21.5. The number of nitrogens with zero attached hydrogens (tertiary/aromatic N) is 1. The Morgan fingerprint density at radius 3 is 1.50 bits per heavy atom. The van der Waals surface area contributed by atoms with Crippen molar-refractivity contribution in [1.82, 2.24) is 9.55 Å². The average Bonchev–Trinajstić information content (AvgIpc) is 3.47. The van der Waals surface area contributed by atoms with E-state index in [1.165, 1.54) is 16.8 Å². The van der Waals surface area contributed by atoms with E-state index in [1.54, 1.807) is 6.08 Å². The van der Waals surface area contributed by atoms with Crippen LogP contribution in [-0.4, -0.2) is 45.0 Å². The molecule has 0 bridgehead atoms. The van der Waals surface area contributed by atoms with Crippen molar-refractivity contribution in [2.75, 3.05) is 6.61 Å². The summed E-state index contributed by atoms with van der Waals surface area (Å²) >= 11 is 0. The van der Waals surface area contributed by atoms with Crippen molar-refractivity contribution in [3.63, 3.8) is 0 Å². The first-order valence-electron chi connectivity index (χ1n) is 17.7. The van der Waals surface area contributed by atoms with Crippen molar-refractivity contribution in [2.24, 2.45) is 0 Å². The van der Waals surface area contributed by atoms with Gasteiger partial charge in [-0.25, -0.2) is 9.36 Å². The Morgan fingerprint density at radius 1 is 0.692 bits per heavy atom. The molecule has 6 rings (SSSR count). The molecule has 268 valence electrons. The monoisotopic (exact) mass is 728 g/mol. The zero-order valence-electron chi connectivity index (χ0n) is 30.8. The summed E-state index contributed by atoms with van der Waals surface area (Å²) in [5.74, 6) is 0.259. The summed E-state index contributed by atoms with van der Waals surface area (Å²) in [6.07, 6.45) is 1.78. The van der Waals surface area contributed by atoms with Gasteiger partial charge in [0.1, 0.15) is 6.10 Å². The summed E-state index contributed by atoms with van der Waals surface area (Å²) in [6, 6.07) is 43.1. The van der Waals surface area contributed by atoms with E-state index in [2.05, 4.69) is 150 Å². The highest BCUT2D eigenvalue weighted by molar-refractivity contribution is 7.00. The fraction of sp³-hybridized carbons (Fsp3) is 0.256. The van der Waals surface area contributed by atoms with E-state index in [0.29, 0.717) is 5.57 Å². The number of rotatable bonds is 11. The minimum absolute atomic E-state index is 0.162. The second-order valence-electron chi connectivity index (χ2n) is 15.3. The quantitative estimate of drug-likeness (QED) is 0.174. The number of ether oxygens (including phenoxy) is 1. The van der Waals surface area contributed by atoms with Crippen molar-refractivity contribution in [2.45, 2.75) is 63.8 Å². The van der Waals surface area contributed by atoms with Crippen molar-refractivity contribution >= 4 is 43.3 Å². The standard InChI is InChI=1S/C43H48N2O5Si2/c1-8-36-39(50-52(43(5,6)7,34-25-17-11-18-26-34)35-27-19-12-20-28-35)37(49-40(36)45-30-29-38(46)44-41(45)47)31-48-51(42(2,3)4,32-21-13-9-14-22-32)33-23-15-10-16-24-33/h8-30,37,39H,1,31H2,2-7H3,(H,44,46,47)/t37-,39+/m1/s1. The van der Waals surface area contributed by atoms with Gasteiger partial charge in [-0.3, -0.25) is 9.78 Å². The highest BCUT2D eigenvalue weighted by atomic mass is 28.4. The van der Waals surface area contributed by atoms with E-state index in [0.717, 1.165) is 20.7 Å². The van der Waals surface area contributed by atoms with E-state index < -0.39 is 40.1 Å². The van der Waals surface area contributed by atoms with Crippen LogP contribution >= 0.6 is 0 Å². The molecule has 0 fully saturated rings. The van der Waals surface area contributed by atoms with Crippen LogP contribution in [0.5, 0.6) is 0 Å². The van der Waals surface area contributed by atoms with Crippen LogP contribution in [0.3, 0.4) is 0 Å². The Morgan fingerprint density at radius 2 is 1.12 bits per heavy atom. The SMILES string of the molecule is C=CC1=C(n2ccc(=O)[nH]c2=O)O[C@H](CO[Si](c2ccccc2)(c2ccccc2)C(C)(C)C)[C@H]1O[Si](c1ccccc1)(c1ccccc1)C(C)(C)C. The van der Waals surface area contributed by atoms with Gasteiger partial charge in [0, 0.05) is 17.8 Å². The number of hydrogen-bond donors (Lipinski definition) is 1. The molecule has 0 radical (unpaired) electrons. The minimum atomic E-state index is -3.16. The molecule has 0 unspecified atom stereocenters. The normalized spacial score (nSPS) is 16.8. The molecule has 0 amide bonds. The third kappa shape index (κ3) is 6.65. The first kappa shape index (κ1) is 37.0. The highest BCUT2D eigenvalue weighted by Gasteiger charge is 2.56. The van der Waals surface area contributed by atoms with Crippen LogP contribution in [0.4, 0.5) is 0 Å². The van der Waals surface area contributed by atoms with E-state index in [1.807, 2.05) is 24.3 Å². The van der Waals surface area contributed by atoms with Gasteiger partial charge in [-0.1, -0.05) is 176 Å². The number of aromatic nitrogens is 2. The Kier molecular flexibility index (Phi) is 10.4. The third-order valence-electron chi connectivity index (χ3n) is 10.0. The largest absolute Gasteiger partial charge is 0.469 e. The summed E-state index contributed by atoms with van der Waals surface area (Å²) < 4.78 is 23.4. The molecule has 0 saturated heterocycles. The Balaban J connectivity index is 1.56. The molecule has 2 heterocycles. The van der Waals surface area contributed by atoms with Gasteiger partial charge in [0.2, 0.25) is 5.88 Å². The number of hydrogen-bond acceptors (Lipinski definition) is 5. The molecular formula is C43H48N2O5Si2. The highest BCUT2D eigenvalue weighted by Crippen LogP contribution is 2.43. The van der Waals surface area contributed by atoms with Crippen LogP contribution in [0.2, 0.25) is 10.1 Å². The van der Waals surface area contributed by atoms with Crippen LogP contribution in [0, 0.1) is 0 Å². The van der Waals surface area contributed by atoms with Crippen LogP contribution in [-0.2, 0) is 13.6 Å². The molecule has 0 saturated carbocycles. The summed E-state index contributed by atoms with van der Waals surface area (Å²) in [5, 5.41) is 3.88. The lowest BCUT2D eigenvalue weighted by Crippen LogP contribution is -2.69. The number of H-pyrrole nitrogens is 1. The van der Waals surface area contributed by atoms with E-state index in [9.17, 15) is 9.59 Å². The van der Waals surface area contributed by atoms with Crippen molar-refractivity contribution < 1.29 is 13.6 Å². The minimum Gasteiger partial charge on any atom is -0.469 e. The smallest absolute Gasteiger partial charge is 0.335 e. The molecule has 52 heavy (non-hydrogen) atoms. The molecule has 1 aliphatic heterocycles. The van der Waals surface area contributed by atoms with E-state index in [4.69, 9.17) is 13.6 Å². The van der Waals surface area contributed by atoms with Gasteiger partial charge in [-0.15, -0.1) is 0 Å². The lowest BCUT2D eigenvalue weighted by molar-refractivity contribution is 0.0351. The molecular weight excluding hydrogens is 681 g/mol. The van der Waals surface area contributed by atoms with Gasteiger partial charge < -0.3 is 13.6 Å². The predicted molar refractivity (Wildman–Crippen MR) is 216 cm³/mol. The lowest BCUT2D eigenvalue weighted by atomic mass is 10.1. The van der Waals surface area contributed by atoms with Crippen molar-refractivity contribution in [3.05, 3.63) is 173 Å². The van der Waals surface area contributed by atoms with Crippen molar-refractivity contribution in [3.8, 4) is 0 Å². The van der Waals surface area contributed by atoms with E-state index in [-0.39, 0.29) is 22.6 Å². The topological polar surface area (TPSA) is 82.6 Å². The molecule has 1 aliphatic rings. The molecule has 7 nitrogen and oxygen atoms in total. The van der Waals surface area contributed by atoms with Gasteiger partial charge in [0.25, 0.3) is 22.2 Å². The molecule has 5 aromatic rings. The first-order chi connectivity index (χ1) is 24.8. The fourth-order valence-electron chi connectivity index (χ4n) is 7.68. The number of nitrogens with one attached hydrogen (secondary N) is 1. The predicted octanol–water partition coefficient (Wildman–Crippen LogP) is 5.81. The Labute approximate surface area is 308 Å². The maximum absolute atomic E-state index is 13.3. The Hall–Kier alpha value is -4.81. The van der Waals surface area contributed by atoms with Gasteiger partial charge in [0.15, 0.2) is 6.10 Å². The van der Waals surface area contributed by atoms with Gasteiger partial charge in [-0.2, -0.15) is 0 Å². The molecule has 0 aliphatic carbocycles. The van der Waals surface area contributed by atoms with Crippen LogP contribution < -0.4 is 32.0 Å². The molecule has 9 heteroatoms.